The average molecular weight is 431 g/mol. The molecule has 0 aliphatic carbocycles. The van der Waals surface area contributed by atoms with Gasteiger partial charge in [-0.15, -0.1) is 24.8 Å². The number of unbranched alkanes of at least 4 members (excludes halogenated alkanes) is 1. The van der Waals surface area contributed by atoms with Gasteiger partial charge in [0.2, 0.25) is 0 Å². The van der Waals surface area contributed by atoms with Gasteiger partial charge in [0, 0.05) is 16.6 Å². The Morgan fingerprint density at radius 2 is 1.92 bits per heavy atom. The minimum absolute atomic E-state index is 0. The first-order valence-electron chi connectivity index (χ1n) is 8.40. The molecule has 1 unspecified atom stereocenters. The second kappa shape index (κ2) is 12.2. The molecule has 1 heterocycles. The summed E-state index contributed by atoms with van der Waals surface area (Å²) in [5.74, 6) is -0.509. The third-order valence-corrected chi connectivity index (χ3v) is 5.38. The van der Waals surface area contributed by atoms with Crippen molar-refractivity contribution in [1.82, 2.24) is 4.90 Å². The predicted octanol–water partition coefficient (Wildman–Crippen LogP) is 5.94. The van der Waals surface area contributed by atoms with Gasteiger partial charge < -0.3 is 5.11 Å². The monoisotopic (exact) mass is 429 g/mol. The molecule has 7 heteroatoms. The highest BCUT2D eigenvalue weighted by Crippen LogP contribution is 2.30. The third kappa shape index (κ3) is 7.52. The number of carboxylic acids is 1. The van der Waals surface area contributed by atoms with Crippen LogP contribution in [-0.2, 0) is 11.3 Å². The summed E-state index contributed by atoms with van der Waals surface area (Å²) in [5, 5.41) is 10.8. The van der Waals surface area contributed by atoms with Crippen molar-refractivity contribution < 1.29 is 9.90 Å². The van der Waals surface area contributed by atoms with E-state index in [4.69, 9.17) is 23.2 Å². The Morgan fingerprint density at radius 3 is 2.44 bits per heavy atom. The Kier molecular flexibility index (Phi) is 12.1. The Hall–Kier alpha value is -0.190. The van der Waals surface area contributed by atoms with Gasteiger partial charge in [0.15, 0.2) is 0 Å². The number of likely N-dealkylation sites (tertiary alicyclic amines) is 1. The Balaban J connectivity index is 0.00000288. The van der Waals surface area contributed by atoms with E-state index in [1.54, 1.807) is 6.07 Å². The first-order chi connectivity index (χ1) is 11.0. The Labute approximate surface area is 172 Å². The van der Waals surface area contributed by atoms with Crippen LogP contribution in [0.1, 0.15) is 44.6 Å². The minimum atomic E-state index is -0.627. The first kappa shape index (κ1) is 24.8. The SMILES string of the molecule is CCCCC(C(=O)O)C1CCN(Cc2ccc(Cl)cc2Cl)CC1.Cl.Cl. The number of aliphatic carboxylic acids is 1. The lowest BCUT2D eigenvalue weighted by molar-refractivity contribution is -0.144. The van der Waals surface area contributed by atoms with Crippen LogP contribution in [-0.4, -0.2) is 29.1 Å². The standard InChI is InChI=1S/C18H25Cl2NO2.2ClH/c1-2-3-4-16(18(22)23)13-7-9-21(10-8-13)12-14-5-6-15(19)11-17(14)20;;/h5-6,11,13,16H,2-4,7-10,12H2,1H3,(H,22,23);2*1H. The maximum atomic E-state index is 11.5. The van der Waals surface area contributed by atoms with E-state index in [1.165, 1.54) is 0 Å². The number of hydrogen-bond acceptors (Lipinski definition) is 2. The highest BCUT2D eigenvalue weighted by molar-refractivity contribution is 6.35. The van der Waals surface area contributed by atoms with Crippen molar-refractivity contribution in [3.05, 3.63) is 33.8 Å². The molecule has 1 aliphatic heterocycles. The van der Waals surface area contributed by atoms with Crippen molar-refractivity contribution in [3.8, 4) is 0 Å². The van der Waals surface area contributed by atoms with Crippen molar-refractivity contribution in [2.24, 2.45) is 11.8 Å². The molecule has 3 nitrogen and oxygen atoms in total. The summed E-state index contributed by atoms with van der Waals surface area (Å²) >= 11 is 12.2. The number of carbonyl (C=O) groups is 1. The summed E-state index contributed by atoms with van der Waals surface area (Å²) in [4.78, 5) is 13.9. The molecule has 25 heavy (non-hydrogen) atoms. The molecule has 0 bridgehead atoms. The van der Waals surface area contributed by atoms with Crippen LogP contribution >= 0.6 is 48.0 Å². The zero-order chi connectivity index (χ0) is 16.8. The van der Waals surface area contributed by atoms with Crippen molar-refractivity contribution in [1.29, 1.82) is 0 Å². The van der Waals surface area contributed by atoms with Gasteiger partial charge in [0.05, 0.1) is 5.92 Å². The molecule has 1 aromatic rings. The number of nitrogens with zero attached hydrogens (tertiary/aromatic N) is 1. The normalized spacial score (nSPS) is 16.6. The zero-order valence-corrected chi connectivity index (χ0v) is 17.6. The second-order valence-corrected chi connectivity index (χ2v) is 7.28. The van der Waals surface area contributed by atoms with Crippen LogP contribution in [0.15, 0.2) is 18.2 Å². The van der Waals surface area contributed by atoms with Crippen LogP contribution in [0.2, 0.25) is 10.0 Å². The number of hydrogen-bond donors (Lipinski definition) is 1. The van der Waals surface area contributed by atoms with Gasteiger partial charge in [-0.05, 0) is 56.0 Å². The quantitative estimate of drug-likeness (QED) is 0.581. The molecule has 0 radical (unpaired) electrons. The van der Waals surface area contributed by atoms with Crippen LogP contribution in [0.4, 0.5) is 0 Å². The van der Waals surface area contributed by atoms with Crippen LogP contribution < -0.4 is 0 Å². The van der Waals surface area contributed by atoms with E-state index >= 15 is 0 Å². The number of carboxylic acid groups (broad SMARTS) is 1. The van der Waals surface area contributed by atoms with Gasteiger partial charge >= 0.3 is 5.97 Å². The summed E-state index contributed by atoms with van der Waals surface area (Å²) in [6.07, 6.45) is 4.76. The van der Waals surface area contributed by atoms with Crippen molar-refractivity contribution >= 4 is 54.0 Å². The summed E-state index contributed by atoms with van der Waals surface area (Å²) in [6, 6.07) is 5.61. The molecule has 1 saturated heterocycles. The Bertz CT molecular complexity index is 534. The highest BCUT2D eigenvalue weighted by Gasteiger charge is 2.30. The van der Waals surface area contributed by atoms with Crippen LogP contribution in [0.25, 0.3) is 0 Å². The van der Waals surface area contributed by atoms with Gasteiger partial charge in [-0.3, -0.25) is 9.69 Å². The molecule has 0 saturated carbocycles. The number of piperidine rings is 1. The fourth-order valence-corrected chi connectivity index (χ4v) is 3.86. The maximum absolute atomic E-state index is 11.5. The maximum Gasteiger partial charge on any atom is 0.306 e. The molecule has 1 N–H and O–H groups in total. The van der Waals surface area contributed by atoms with E-state index < -0.39 is 5.97 Å². The van der Waals surface area contributed by atoms with Crippen LogP contribution in [0.3, 0.4) is 0 Å². The summed E-state index contributed by atoms with van der Waals surface area (Å²) in [6.45, 7) is 4.77. The van der Waals surface area contributed by atoms with Gasteiger partial charge in [0.25, 0.3) is 0 Å². The summed E-state index contributed by atoms with van der Waals surface area (Å²) in [5.41, 5.74) is 1.08. The summed E-state index contributed by atoms with van der Waals surface area (Å²) < 4.78 is 0. The molecule has 1 aromatic carbocycles. The van der Waals surface area contributed by atoms with Gasteiger partial charge in [-0.25, -0.2) is 0 Å². The zero-order valence-electron chi connectivity index (χ0n) is 14.4. The van der Waals surface area contributed by atoms with Crippen molar-refractivity contribution in [2.75, 3.05) is 13.1 Å². The predicted molar refractivity (Wildman–Crippen MR) is 110 cm³/mol. The lowest BCUT2D eigenvalue weighted by Gasteiger charge is -2.34. The fraction of sp³-hybridized carbons (Fsp3) is 0.611. The molecule has 0 aromatic heterocycles. The molecule has 1 aliphatic rings. The molecule has 1 fully saturated rings. The molecule has 144 valence electrons. The van der Waals surface area contributed by atoms with Gasteiger partial charge in [-0.1, -0.05) is 49.0 Å². The fourth-order valence-electron chi connectivity index (χ4n) is 3.39. The van der Waals surface area contributed by atoms with E-state index in [2.05, 4.69) is 11.8 Å². The van der Waals surface area contributed by atoms with Crippen LogP contribution in [0.5, 0.6) is 0 Å². The first-order valence-corrected chi connectivity index (χ1v) is 9.16. The topological polar surface area (TPSA) is 40.5 Å². The van der Waals surface area contributed by atoms with E-state index in [-0.39, 0.29) is 30.7 Å². The lowest BCUT2D eigenvalue weighted by Crippen LogP contribution is -2.37. The smallest absolute Gasteiger partial charge is 0.306 e. The summed E-state index contributed by atoms with van der Waals surface area (Å²) in [7, 11) is 0. The third-order valence-electron chi connectivity index (χ3n) is 4.80. The van der Waals surface area contributed by atoms with Gasteiger partial charge in [0.1, 0.15) is 0 Å². The van der Waals surface area contributed by atoms with Gasteiger partial charge in [-0.2, -0.15) is 0 Å². The minimum Gasteiger partial charge on any atom is -0.481 e. The van der Waals surface area contributed by atoms with Crippen molar-refractivity contribution in [2.45, 2.75) is 45.6 Å². The molecular weight excluding hydrogens is 404 g/mol. The highest BCUT2D eigenvalue weighted by atomic mass is 35.5. The van der Waals surface area contributed by atoms with Crippen LogP contribution in [0, 0.1) is 11.8 Å². The molecule has 2 rings (SSSR count). The van der Waals surface area contributed by atoms with Crippen molar-refractivity contribution in [3.63, 3.8) is 0 Å². The van der Waals surface area contributed by atoms with E-state index in [9.17, 15) is 9.90 Å². The van der Waals surface area contributed by atoms with E-state index in [1.807, 2.05) is 12.1 Å². The number of benzene rings is 1. The molecule has 1 atom stereocenters. The Morgan fingerprint density at radius 1 is 1.28 bits per heavy atom. The molecule has 0 amide bonds. The average Bonchev–Trinajstić information content (AvgIpc) is 2.51. The molecular formula is C18H27Cl4NO2. The lowest BCUT2D eigenvalue weighted by atomic mass is 9.81. The number of halogens is 4. The molecule has 0 spiro atoms. The largest absolute Gasteiger partial charge is 0.481 e. The van der Waals surface area contributed by atoms with E-state index in [0.29, 0.717) is 16.0 Å². The second-order valence-electron chi connectivity index (χ2n) is 6.44. The number of rotatable bonds is 7. The van der Waals surface area contributed by atoms with E-state index in [0.717, 1.165) is 57.3 Å².